The molecule has 3 rings (SSSR count). The van der Waals surface area contributed by atoms with E-state index in [0.29, 0.717) is 11.3 Å². The molecule has 0 radical (unpaired) electrons. The summed E-state index contributed by atoms with van der Waals surface area (Å²) < 4.78 is 5.13. The Bertz CT molecular complexity index is 804. The van der Waals surface area contributed by atoms with Gasteiger partial charge in [0.15, 0.2) is 5.78 Å². The first-order valence-electron chi connectivity index (χ1n) is 6.62. The summed E-state index contributed by atoms with van der Waals surface area (Å²) in [7, 11) is 1.58. The minimum absolute atomic E-state index is 0.0652. The molecule has 0 aliphatic heterocycles. The van der Waals surface area contributed by atoms with E-state index in [1.165, 1.54) is 0 Å². The molecule has 0 amide bonds. The summed E-state index contributed by atoms with van der Waals surface area (Å²) in [5, 5.41) is 4.95. The molecule has 22 heavy (non-hydrogen) atoms. The van der Waals surface area contributed by atoms with Crippen molar-refractivity contribution >= 4 is 34.5 Å². The molecule has 5 heteroatoms. The van der Waals surface area contributed by atoms with Gasteiger partial charge in [0.1, 0.15) is 10.8 Å². The third-order valence-corrected chi connectivity index (χ3v) is 4.91. The lowest BCUT2D eigenvalue weighted by molar-refractivity contribution is 0.104. The first-order chi connectivity index (χ1) is 10.8. The lowest BCUT2D eigenvalue weighted by Crippen LogP contribution is -1.94. The van der Waals surface area contributed by atoms with Crippen molar-refractivity contribution in [3.8, 4) is 15.6 Å². The molecule has 0 unspecified atom stereocenters. The quantitative estimate of drug-likeness (QED) is 0.500. The van der Waals surface area contributed by atoms with Crippen LogP contribution in [0.2, 0.25) is 0 Å². The number of thiazole rings is 1. The summed E-state index contributed by atoms with van der Waals surface area (Å²) in [5.41, 5.74) is 1.40. The van der Waals surface area contributed by atoms with Gasteiger partial charge in [-0.3, -0.25) is 4.79 Å². The molecule has 110 valence electrons. The van der Waals surface area contributed by atoms with Crippen LogP contribution in [-0.4, -0.2) is 17.9 Å². The van der Waals surface area contributed by atoms with Crippen molar-refractivity contribution in [3.05, 3.63) is 64.5 Å². The normalized spacial score (nSPS) is 11.0. The number of hydrogen-bond acceptors (Lipinski definition) is 5. The Balaban J connectivity index is 1.75. The summed E-state index contributed by atoms with van der Waals surface area (Å²) in [4.78, 5) is 17.8. The van der Waals surface area contributed by atoms with E-state index in [4.69, 9.17) is 4.74 Å². The predicted octanol–water partition coefficient (Wildman–Crippen LogP) is 4.78. The molecule has 0 fully saturated rings. The van der Waals surface area contributed by atoms with E-state index in [-0.39, 0.29) is 5.78 Å². The second-order valence-electron chi connectivity index (χ2n) is 4.48. The largest absolute Gasteiger partial charge is 0.497 e. The van der Waals surface area contributed by atoms with Crippen LogP contribution in [0.4, 0.5) is 0 Å². The van der Waals surface area contributed by atoms with Gasteiger partial charge in [0.05, 0.1) is 17.7 Å². The number of ether oxygens (including phenoxy) is 1. The van der Waals surface area contributed by atoms with Crippen LogP contribution < -0.4 is 4.74 Å². The highest BCUT2D eigenvalue weighted by atomic mass is 32.1. The highest BCUT2D eigenvalue weighted by Crippen LogP contribution is 2.28. The smallest absolute Gasteiger partial charge is 0.186 e. The van der Waals surface area contributed by atoms with Crippen LogP contribution in [0.15, 0.2) is 53.2 Å². The van der Waals surface area contributed by atoms with Crippen molar-refractivity contribution in [2.24, 2.45) is 0 Å². The standard InChI is InChI=1S/C17H13NO2S2/c1-20-14-5-2-4-12(10-14)15(19)8-7-13-11-22-17(18-13)16-6-3-9-21-16/h2-11H,1H3/b8-7+. The number of allylic oxidation sites excluding steroid dienone is 1. The fourth-order valence-corrected chi connectivity index (χ4v) is 3.51. The van der Waals surface area contributed by atoms with Crippen molar-refractivity contribution in [2.45, 2.75) is 0 Å². The van der Waals surface area contributed by atoms with E-state index in [1.54, 1.807) is 60.1 Å². The number of aromatic nitrogens is 1. The van der Waals surface area contributed by atoms with Crippen LogP contribution in [0.5, 0.6) is 5.75 Å². The molecule has 2 heterocycles. The third kappa shape index (κ3) is 3.32. The minimum Gasteiger partial charge on any atom is -0.497 e. The number of methoxy groups -OCH3 is 1. The third-order valence-electron chi connectivity index (χ3n) is 3.01. The molecule has 1 aromatic carbocycles. The fourth-order valence-electron chi connectivity index (χ4n) is 1.91. The maximum absolute atomic E-state index is 12.2. The zero-order chi connectivity index (χ0) is 15.4. The fraction of sp³-hybridized carbons (Fsp3) is 0.0588. The van der Waals surface area contributed by atoms with Crippen molar-refractivity contribution < 1.29 is 9.53 Å². The van der Waals surface area contributed by atoms with Crippen LogP contribution in [0.25, 0.3) is 16.0 Å². The van der Waals surface area contributed by atoms with Gasteiger partial charge in [-0.05, 0) is 35.7 Å². The average Bonchev–Trinajstić information content (AvgIpc) is 3.23. The monoisotopic (exact) mass is 327 g/mol. The molecule has 2 aromatic heterocycles. The Morgan fingerprint density at radius 1 is 1.23 bits per heavy atom. The Labute approximate surface area is 136 Å². The van der Waals surface area contributed by atoms with E-state index in [0.717, 1.165) is 15.6 Å². The summed E-state index contributed by atoms with van der Waals surface area (Å²) in [5.74, 6) is 0.609. The number of carbonyl (C=O) groups excluding carboxylic acids is 1. The molecule has 0 spiro atoms. The van der Waals surface area contributed by atoms with Crippen LogP contribution in [0.1, 0.15) is 16.1 Å². The number of hydrogen-bond donors (Lipinski definition) is 0. The highest BCUT2D eigenvalue weighted by molar-refractivity contribution is 7.20. The van der Waals surface area contributed by atoms with Gasteiger partial charge >= 0.3 is 0 Å². The Morgan fingerprint density at radius 3 is 2.91 bits per heavy atom. The van der Waals surface area contributed by atoms with E-state index in [9.17, 15) is 4.79 Å². The van der Waals surface area contributed by atoms with Gasteiger partial charge in [-0.1, -0.05) is 18.2 Å². The van der Waals surface area contributed by atoms with E-state index in [1.807, 2.05) is 29.0 Å². The maximum atomic E-state index is 12.2. The second-order valence-corrected chi connectivity index (χ2v) is 6.29. The van der Waals surface area contributed by atoms with Crippen molar-refractivity contribution in [1.29, 1.82) is 0 Å². The minimum atomic E-state index is -0.0652. The molecular formula is C17H13NO2S2. The zero-order valence-electron chi connectivity index (χ0n) is 11.9. The SMILES string of the molecule is COc1cccc(C(=O)/C=C/c2csc(-c3cccs3)n2)c1. The van der Waals surface area contributed by atoms with Gasteiger partial charge in [0, 0.05) is 10.9 Å². The second kappa shape index (κ2) is 6.68. The summed E-state index contributed by atoms with van der Waals surface area (Å²) >= 11 is 3.24. The predicted molar refractivity (Wildman–Crippen MR) is 91.8 cm³/mol. The Kier molecular flexibility index (Phi) is 4.46. The number of nitrogens with zero attached hydrogens (tertiary/aromatic N) is 1. The molecule has 0 N–H and O–H groups in total. The molecule has 0 saturated carbocycles. The van der Waals surface area contributed by atoms with E-state index >= 15 is 0 Å². The first-order valence-corrected chi connectivity index (χ1v) is 8.38. The number of rotatable bonds is 5. The molecule has 3 aromatic rings. The van der Waals surface area contributed by atoms with Gasteiger partial charge in [-0.15, -0.1) is 22.7 Å². The maximum Gasteiger partial charge on any atom is 0.186 e. The van der Waals surface area contributed by atoms with Crippen LogP contribution in [0.3, 0.4) is 0 Å². The number of benzene rings is 1. The van der Waals surface area contributed by atoms with E-state index < -0.39 is 0 Å². The highest BCUT2D eigenvalue weighted by Gasteiger charge is 2.06. The van der Waals surface area contributed by atoms with Crippen LogP contribution in [0, 0.1) is 0 Å². The molecule has 0 aliphatic rings. The molecule has 0 aliphatic carbocycles. The van der Waals surface area contributed by atoms with Crippen LogP contribution in [-0.2, 0) is 0 Å². The molecule has 0 saturated heterocycles. The molecule has 0 atom stereocenters. The van der Waals surface area contributed by atoms with Crippen molar-refractivity contribution in [1.82, 2.24) is 4.98 Å². The number of carbonyl (C=O) groups is 1. The Morgan fingerprint density at radius 2 is 2.14 bits per heavy atom. The summed E-state index contributed by atoms with van der Waals surface area (Å²) in [6.45, 7) is 0. The molecular weight excluding hydrogens is 314 g/mol. The van der Waals surface area contributed by atoms with Gasteiger partial charge in [-0.2, -0.15) is 0 Å². The number of ketones is 1. The van der Waals surface area contributed by atoms with Gasteiger partial charge in [-0.25, -0.2) is 4.98 Å². The molecule has 0 bridgehead atoms. The lowest BCUT2D eigenvalue weighted by atomic mass is 10.1. The van der Waals surface area contributed by atoms with Gasteiger partial charge in [0.25, 0.3) is 0 Å². The lowest BCUT2D eigenvalue weighted by Gasteiger charge is -2.00. The summed E-state index contributed by atoms with van der Waals surface area (Å²) in [6.07, 6.45) is 3.29. The van der Waals surface area contributed by atoms with Crippen molar-refractivity contribution in [2.75, 3.05) is 7.11 Å². The van der Waals surface area contributed by atoms with Gasteiger partial charge < -0.3 is 4.74 Å². The average molecular weight is 327 g/mol. The van der Waals surface area contributed by atoms with Crippen LogP contribution >= 0.6 is 22.7 Å². The first kappa shape index (κ1) is 14.7. The van der Waals surface area contributed by atoms with Gasteiger partial charge in [0.2, 0.25) is 0 Å². The topological polar surface area (TPSA) is 39.2 Å². The zero-order valence-corrected chi connectivity index (χ0v) is 13.5. The van der Waals surface area contributed by atoms with E-state index in [2.05, 4.69) is 4.98 Å². The summed E-state index contributed by atoms with van der Waals surface area (Å²) in [6, 6.07) is 11.2. The molecule has 3 nitrogen and oxygen atoms in total. The van der Waals surface area contributed by atoms with Crippen molar-refractivity contribution in [3.63, 3.8) is 0 Å². The Hall–Kier alpha value is -2.24. The number of thiophene rings is 1.